The van der Waals surface area contributed by atoms with Crippen LogP contribution in [0.1, 0.15) is 22.5 Å². The van der Waals surface area contributed by atoms with Crippen LogP contribution in [0.4, 0.5) is 0 Å². The van der Waals surface area contributed by atoms with Gasteiger partial charge in [0.2, 0.25) is 5.78 Å². The van der Waals surface area contributed by atoms with Crippen LogP contribution >= 0.6 is 0 Å². The van der Waals surface area contributed by atoms with E-state index in [2.05, 4.69) is 17.2 Å². The maximum Gasteiger partial charge on any atom is 0.227 e. The van der Waals surface area contributed by atoms with Crippen LogP contribution in [0.25, 0.3) is 10.9 Å². The van der Waals surface area contributed by atoms with Crippen molar-refractivity contribution in [2.45, 2.75) is 12.8 Å². The molecule has 21 heavy (non-hydrogen) atoms. The molecule has 3 aromatic rings. The minimum absolute atomic E-state index is 0.0575. The molecule has 1 aliphatic heterocycles. The molecule has 102 valence electrons. The smallest absolute Gasteiger partial charge is 0.227 e. The third-order valence-corrected chi connectivity index (χ3v) is 3.89. The normalized spacial score (nSPS) is 13.5. The molecule has 0 amide bonds. The van der Waals surface area contributed by atoms with Crippen LogP contribution in [0.5, 0.6) is 0 Å². The molecular formula is C18H14N2O. The fourth-order valence-corrected chi connectivity index (χ4v) is 2.80. The van der Waals surface area contributed by atoms with Crippen LogP contribution in [-0.2, 0) is 6.42 Å². The third kappa shape index (κ3) is 1.98. The van der Waals surface area contributed by atoms with Gasteiger partial charge in [-0.1, -0.05) is 48.5 Å². The highest BCUT2D eigenvalue weighted by atomic mass is 16.1. The van der Waals surface area contributed by atoms with Gasteiger partial charge < -0.3 is 0 Å². The summed E-state index contributed by atoms with van der Waals surface area (Å²) in [5, 5.41) is 5.58. The number of nitrogens with zero attached hydrogens (tertiary/aromatic N) is 2. The summed E-state index contributed by atoms with van der Waals surface area (Å²) in [5.41, 5.74) is 3.56. The summed E-state index contributed by atoms with van der Waals surface area (Å²) < 4.78 is 1.78. The first-order chi connectivity index (χ1) is 10.3. The van der Waals surface area contributed by atoms with Gasteiger partial charge in [-0.05, 0) is 30.5 Å². The number of benzene rings is 2. The summed E-state index contributed by atoms with van der Waals surface area (Å²) in [6.45, 7) is 0. The Morgan fingerprint density at radius 2 is 1.67 bits per heavy atom. The van der Waals surface area contributed by atoms with E-state index in [0.717, 1.165) is 17.3 Å². The first-order valence-corrected chi connectivity index (χ1v) is 7.10. The molecule has 0 radical (unpaired) electrons. The summed E-state index contributed by atoms with van der Waals surface area (Å²) in [4.78, 5) is 12.4. The Morgan fingerprint density at radius 3 is 2.52 bits per heavy atom. The number of carbonyl (C=O) groups is 1. The number of carbonyl (C=O) groups excluding carboxylic acids is 1. The standard InChI is InChI=1S/C18H14N2O/c21-18-15(11-10-13-6-2-1-3-7-13)19-20-16-9-5-4-8-14(16)12-17(18)20/h1-9,12H,10-11H2. The Balaban J connectivity index is 1.64. The zero-order valence-corrected chi connectivity index (χ0v) is 11.5. The molecule has 2 heterocycles. The summed E-state index contributed by atoms with van der Waals surface area (Å²) in [6.07, 6.45) is 1.52. The third-order valence-electron chi connectivity index (χ3n) is 3.89. The quantitative estimate of drug-likeness (QED) is 0.717. The molecule has 0 spiro atoms. The highest BCUT2D eigenvalue weighted by Crippen LogP contribution is 2.25. The lowest BCUT2D eigenvalue weighted by Gasteiger charge is -2.00. The number of aromatic nitrogens is 1. The van der Waals surface area contributed by atoms with E-state index in [1.165, 1.54) is 5.56 Å². The second kappa shape index (κ2) is 4.70. The Morgan fingerprint density at radius 1 is 0.905 bits per heavy atom. The van der Waals surface area contributed by atoms with Crippen LogP contribution in [-0.4, -0.2) is 16.2 Å². The van der Waals surface area contributed by atoms with Crippen molar-refractivity contribution in [1.82, 2.24) is 4.68 Å². The minimum Gasteiger partial charge on any atom is -0.285 e. The van der Waals surface area contributed by atoms with Gasteiger partial charge >= 0.3 is 0 Å². The van der Waals surface area contributed by atoms with Crippen LogP contribution in [0.3, 0.4) is 0 Å². The largest absolute Gasteiger partial charge is 0.285 e. The van der Waals surface area contributed by atoms with E-state index >= 15 is 0 Å². The SMILES string of the molecule is O=C1C(CCc2ccccc2)=Nn2c1cc1ccccc12. The number of Topliss-reactive ketones (excluding diaryl/α,β-unsaturated/α-hetero) is 1. The van der Waals surface area contributed by atoms with Crippen molar-refractivity contribution in [3.8, 4) is 0 Å². The number of aryl methyl sites for hydroxylation is 1. The Kier molecular flexibility index (Phi) is 2.71. The molecule has 0 aliphatic carbocycles. The van der Waals surface area contributed by atoms with Gasteiger partial charge in [-0.2, -0.15) is 5.10 Å². The van der Waals surface area contributed by atoms with Gasteiger partial charge in [0.15, 0.2) is 0 Å². The van der Waals surface area contributed by atoms with Crippen molar-refractivity contribution in [2.75, 3.05) is 0 Å². The van der Waals surface area contributed by atoms with Crippen LogP contribution in [0, 0.1) is 0 Å². The highest BCUT2D eigenvalue weighted by Gasteiger charge is 2.26. The van der Waals surface area contributed by atoms with Crippen LogP contribution in [0.2, 0.25) is 0 Å². The molecule has 1 aromatic heterocycles. The van der Waals surface area contributed by atoms with E-state index in [-0.39, 0.29) is 5.78 Å². The molecule has 3 heteroatoms. The molecule has 0 atom stereocenters. The van der Waals surface area contributed by atoms with Gasteiger partial charge in [0.25, 0.3) is 0 Å². The molecule has 0 saturated carbocycles. The molecule has 3 nitrogen and oxygen atoms in total. The molecule has 0 saturated heterocycles. The highest BCUT2D eigenvalue weighted by molar-refractivity contribution is 6.47. The molecule has 0 N–H and O–H groups in total. The number of fused-ring (bicyclic) bond motifs is 3. The molecule has 0 unspecified atom stereocenters. The lowest BCUT2D eigenvalue weighted by atomic mass is 10.0. The fourth-order valence-electron chi connectivity index (χ4n) is 2.80. The summed E-state index contributed by atoms with van der Waals surface area (Å²) in [7, 11) is 0. The van der Waals surface area contributed by atoms with E-state index in [1.54, 1.807) is 4.68 Å². The van der Waals surface area contributed by atoms with Gasteiger partial charge in [-0.3, -0.25) is 4.79 Å². The predicted octanol–water partition coefficient (Wildman–Crippen LogP) is 3.67. The average molecular weight is 274 g/mol. The number of rotatable bonds is 3. The van der Waals surface area contributed by atoms with E-state index in [9.17, 15) is 4.79 Å². The summed E-state index contributed by atoms with van der Waals surface area (Å²) >= 11 is 0. The maximum atomic E-state index is 12.4. The van der Waals surface area contributed by atoms with Gasteiger partial charge in [0, 0.05) is 5.39 Å². The number of hydrogen-bond donors (Lipinski definition) is 0. The summed E-state index contributed by atoms with van der Waals surface area (Å²) in [5.74, 6) is 0.0575. The van der Waals surface area contributed by atoms with Crippen molar-refractivity contribution in [1.29, 1.82) is 0 Å². The van der Waals surface area contributed by atoms with E-state index < -0.39 is 0 Å². The fraction of sp³-hybridized carbons (Fsp3) is 0.111. The van der Waals surface area contributed by atoms with Crippen molar-refractivity contribution >= 4 is 22.4 Å². The molecule has 0 fully saturated rings. The lowest BCUT2D eigenvalue weighted by Crippen LogP contribution is -2.10. The monoisotopic (exact) mass is 274 g/mol. The number of ketones is 1. The predicted molar refractivity (Wildman–Crippen MR) is 83.9 cm³/mol. The van der Waals surface area contributed by atoms with Gasteiger partial charge in [-0.15, -0.1) is 0 Å². The second-order valence-electron chi connectivity index (χ2n) is 5.26. The van der Waals surface area contributed by atoms with Gasteiger partial charge in [0.1, 0.15) is 11.4 Å². The van der Waals surface area contributed by atoms with Crippen molar-refractivity contribution in [2.24, 2.45) is 5.10 Å². The molecule has 2 aromatic carbocycles. The van der Waals surface area contributed by atoms with Crippen LogP contribution < -0.4 is 0 Å². The first kappa shape index (κ1) is 12.1. The lowest BCUT2D eigenvalue weighted by molar-refractivity contribution is 0.106. The van der Waals surface area contributed by atoms with E-state index in [0.29, 0.717) is 17.8 Å². The molecule has 0 bridgehead atoms. The van der Waals surface area contributed by atoms with Gasteiger partial charge in [0.05, 0.1) is 5.52 Å². The minimum atomic E-state index is 0.0575. The van der Waals surface area contributed by atoms with Crippen molar-refractivity contribution < 1.29 is 4.79 Å². The van der Waals surface area contributed by atoms with Crippen LogP contribution in [0.15, 0.2) is 65.8 Å². The van der Waals surface area contributed by atoms with Gasteiger partial charge in [-0.25, -0.2) is 4.68 Å². The Labute approximate surface area is 122 Å². The topological polar surface area (TPSA) is 34.4 Å². The zero-order valence-electron chi connectivity index (χ0n) is 11.5. The molecule has 4 rings (SSSR count). The summed E-state index contributed by atoms with van der Waals surface area (Å²) in [6, 6.07) is 20.1. The van der Waals surface area contributed by atoms with E-state index in [4.69, 9.17) is 0 Å². The number of para-hydroxylation sites is 1. The first-order valence-electron chi connectivity index (χ1n) is 7.10. The second-order valence-corrected chi connectivity index (χ2v) is 5.26. The Hall–Kier alpha value is -2.68. The van der Waals surface area contributed by atoms with Crippen molar-refractivity contribution in [3.05, 3.63) is 71.9 Å². The zero-order chi connectivity index (χ0) is 14.2. The van der Waals surface area contributed by atoms with Crippen molar-refractivity contribution in [3.63, 3.8) is 0 Å². The number of hydrogen-bond acceptors (Lipinski definition) is 2. The maximum absolute atomic E-state index is 12.4. The molecule has 1 aliphatic rings. The molecular weight excluding hydrogens is 260 g/mol. The average Bonchev–Trinajstić information content (AvgIpc) is 3.04. The Bertz CT molecular complexity index is 859. The van der Waals surface area contributed by atoms with E-state index in [1.807, 2.05) is 48.5 Å².